The van der Waals surface area contributed by atoms with Crippen molar-refractivity contribution in [1.29, 1.82) is 0 Å². The molecule has 49 heavy (non-hydrogen) atoms. The molecule has 2 aromatic rings. The number of hydrogen-bond acceptors (Lipinski definition) is 8. The standard InChI is InChI=1S/C36H58N6O5S2/c1-31-28-41(48(43,44)36-18-14-33(15-19-36)37(2)3)22-8-20-38(30-32-10-6-5-7-11-32)21-9-23-42(29-31)49(45,46)40-26-24-39(25-27-40)34-12-16-35(47-4)17-13-34/h12-19,31-32H,5-11,20-30H2,1-4H3/t31-/m0/s1. The number of sulfonamides is 1. The van der Waals surface area contributed by atoms with Gasteiger partial charge in [-0.15, -0.1) is 0 Å². The third kappa shape index (κ3) is 9.89. The van der Waals surface area contributed by atoms with Crippen molar-refractivity contribution in [2.75, 3.05) is 103 Å². The van der Waals surface area contributed by atoms with Gasteiger partial charge < -0.3 is 19.4 Å². The maximum absolute atomic E-state index is 14.3. The molecule has 5 rings (SSSR count). The average molecular weight is 719 g/mol. The fourth-order valence-corrected chi connectivity index (χ4v) is 10.9. The average Bonchev–Trinajstić information content (AvgIpc) is 3.10. The second-order valence-electron chi connectivity index (χ2n) is 14.3. The van der Waals surface area contributed by atoms with Crippen molar-refractivity contribution in [3.63, 3.8) is 0 Å². The lowest BCUT2D eigenvalue weighted by atomic mass is 9.89. The van der Waals surface area contributed by atoms with Crippen molar-refractivity contribution < 1.29 is 21.6 Å². The number of hydrogen-bond donors (Lipinski definition) is 0. The van der Waals surface area contributed by atoms with Crippen molar-refractivity contribution in [3.8, 4) is 5.75 Å². The van der Waals surface area contributed by atoms with E-state index in [9.17, 15) is 16.8 Å². The highest BCUT2D eigenvalue weighted by atomic mass is 32.2. The number of piperazine rings is 1. The van der Waals surface area contributed by atoms with Gasteiger partial charge in [0.15, 0.2) is 0 Å². The van der Waals surface area contributed by atoms with Crippen LogP contribution < -0.4 is 14.5 Å². The highest BCUT2D eigenvalue weighted by Crippen LogP contribution is 2.27. The Labute approximate surface area is 296 Å². The minimum Gasteiger partial charge on any atom is -0.497 e. The van der Waals surface area contributed by atoms with E-state index in [4.69, 9.17) is 4.74 Å². The molecule has 1 atom stereocenters. The summed E-state index contributed by atoms with van der Waals surface area (Å²) in [5, 5.41) is 0. The molecule has 2 aliphatic heterocycles. The van der Waals surface area contributed by atoms with E-state index in [0.29, 0.717) is 45.2 Å². The minimum atomic E-state index is -3.78. The highest BCUT2D eigenvalue weighted by Gasteiger charge is 2.35. The van der Waals surface area contributed by atoms with E-state index < -0.39 is 20.2 Å². The van der Waals surface area contributed by atoms with E-state index >= 15 is 0 Å². The number of ether oxygens (including phenoxy) is 1. The summed E-state index contributed by atoms with van der Waals surface area (Å²) >= 11 is 0. The van der Waals surface area contributed by atoms with Crippen LogP contribution in [0.3, 0.4) is 0 Å². The summed E-state index contributed by atoms with van der Waals surface area (Å²) in [7, 11) is -2.02. The van der Waals surface area contributed by atoms with Crippen LogP contribution in [-0.4, -0.2) is 128 Å². The monoisotopic (exact) mass is 718 g/mol. The number of anilines is 2. The molecule has 2 saturated heterocycles. The van der Waals surface area contributed by atoms with Gasteiger partial charge in [-0.25, -0.2) is 8.42 Å². The lowest BCUT2D eigenvalue weighted by molar-refractivity contribution is 0.179. The zero-order valence-electron chi connectivity index (χ0n) is 30.0. The normalized spacial score (nSPS) is 22.7. The molecule has 0 spiro atoms. The van der Waals surface area contributed by atoms with Gasteiger partial charge in [-0.05, 0) is 99.1 Å². The zero-order chi connectivity index (χ0) is 35.0. The molecule has 13 heteroatoms. The van der Waals surface area contributed by atoms with Gasteiger partial charge in [0.25, 0.3) is 10.2 Å². The fraction of sp³-hybridized carbons (Fsp3) is 0.667. The fourth-order valence-electron chi connectivity index (χ4n) is 7.53. The molecule has 0 radical (unpaired) electrons. The molecule has 2 heterocycles. The van der Waals surface area contributed by atoms with Crippen LogP contribution in [0, 0.1) is 11.8 Å². The molecule has 1 saturated carbocycles. The van der Waals surface area contributed by atoms with Crippen LogP contribution in [-0.2, 0) is 20.2 Å². The Balaban J connectivity index is 1.33. The van der Waals surface area contributed by atoms with E-state index in [1.807, 2.05) is 62.3 Å². The van der Waals surface area contributed by atoms with Gasteiger partial charge in [0.05, 0.1) is 12.0 Å². The van der Waals surface area contributed by atoms with Crippen LogP contribution in [0.2, 0.25) is 0 Å². The van der Waals surface area contributed by atoms with E-state index in [2.05, 4.69) is 9.80 Å². The van der Waals surface area contributed by atoms with Crippen molar-refractivity contribution in [3.05, 3.63) is 48.5 Å². The van der Waals surface area contributed by atoms with Crippen LogP contribution >= 0.6 is 0 Å². The third-order valence-electron chi connectivity index (χ3n) is 10.4. The molecule has 3 aliphatic rings. The Hall–Kier alpha value is -2.42. The van der Waals surface area contributed by atoms with Crippen molar-refractivity contribution >= 4 is 31.6 Å². The second kappa shape index (κ2) is 17.2. The molecule has 3 fully saturated rings. The largest absolute Gasteiger partial charge is 0.497 e. The van der Waals surface area contributed by atoms with Crippen LogP contribution in [0.25, 0.3) is 0 Å². The Kier molecular flexibility index (Phi) is 13.3. The summed E-state index contributed by atoms with van der Waals surface area (Å²) in [6, 6.07) is 14.9. The van der Waals surface area contributed by atoms with E-state index in [1.165, 1.54) is 32.1 Å². The number of rotatable bonds is 9. The highest BCUT2D eigenvalue weighted by molar-refractivity contribution is 7.89. The van der Waals surface area contributed by atoms with Gasteiger partial charge in [0.1, 0.15) is 5.75 Å². The third-order valence-corrected chi connectivity index (χ3v) is 14.2. The molecule has 0 amide bonds. The number of nitrogens with zero attached hydrogens (tertiary/aromatic N) is 6. The predicted octanol–water partition coefficient (Wildman–Crippen LogP) is 4.43. The van der Waals surface area contributed by atoms with Crippen molar-refractivity contribution in [2.24, 2.45) is 11.8 Å². The quantitative estimate of drug-likeness (QED) is 0.376. The summed E-state index contributed by atoms with van der Waals surface area (Å²) in [4.78, 5) is 6.90. The molecular weight excluding hydrogens is 661 g/mol. The van der Waals surface area contributed by atoms with Gasteiger partial charge in [-0.2, -0.15) is 21.3 Å². The van der Waals surface area contributed by atoms with Gasteiger partial charge >= 0.3 is 0 Å². The van der Waals surface area contributed by atoms with Crippen LogP contribution in [0.15, 0.2) is 53.4 Å². The topological polar surface area (TPSA) is 97.0 Å². The molecule has 0 unspecified atom stereocenters. The summed E-state index contributed by atoms with van der Waals surface area (Å²) in [6.07, 6.45) is 7.82. The van der Waals surface area contributed by atoms with Gasteiger partial charge in [-0.3, -0.25) is 0 Å². The molecular formula is C36H58N6O5S2. The van der Waals surface area contributed by atoms with Crippen molar-refractivity contribution in [2.45, 2.75) is 56.8 Å². The van der Waals surface area contributed by atoms with Gasteiger partial charge in [0, 0.05) is 84.4 Å². The second-order valence-corrected chi connectivity index (χ2v) is 18.2. The van der Waals surface area contributed by atoms with Crippen LogP contribution in [0.4, 0.5) is 11.4 Å². The molecule has 0 aromatic heterocycles. The molecule has 2 aromatic carbocycles. The summed E-state index contributed by atoms with van der Waals surface area (Å²) in [5.41, 5.74) is 1.98. The van der Waals surface area contributed by atoms with E-state index in [1.54, 1.807) is 32.2 Å². The summed E-state index contributed by atoms with van der Waals surface area (Å²) < 4.78 is 66.9. The first-order chi connectivity index (χ1) is 23.5. The molecule has 0 N–H and O–H groups in total. The lowest BCUT2D eigenvalue weighted by Gasteiger charge is -2.39. The van der Waals surface area contributed by atoms with Crippen LogP contribution in [0.5, 0.6) is 5.75 Å². The first kappa shape index (κ1) is 37.8. The van der Waals surface area contributed by atoms with E-state index in [0.717, 1.165) is 49.6 Å². The summed E-state index contributed by atoms with van der Waals surface area (Å²) in [5.74, 6) is 1.25. The summed E-state index contributed by atoms with van der Waals surface area (Å²) in [6.45, 7) is 7.94. The Morgan fingerprint density at radius 3 is 1.88 bits per heavy atom. The first-order valence-electron chi connectivity index (χ1n) is 18.1. The lowest BCUT2D eigenvalue weighted by Crippen LogP contribution is -2.54. The Morgan fingerprint density at radius 1 is 0.694 bits per heavy atom. The zero-order valence-corrected chi connectivity index (χ0v) is 31.7. The van der Waals surface area contributed by atoms with Gasteiger partial charge in [-0.1, -0.05) is 26.2 Å². The minimum absolute atomic E-state index is 0.191. The first-order valence-corrected chi connectivity index (χ1v) is 20.9. The van der Waals surface area contributed by atoms with Crippen molar-refractivity contribution in [1.82, 2.24) is 17.8 Å². The molecule has 11 nitrogen and oxygen atoms in total. The van der Waals surface area contributed by atoms with Crippen LogP contribution in [0.1, 0.15) is 51.9 Å². The predicted molar refractivity (Wildman–Crippen MR) is 198 cm³/mol. The van der Waals surface area contributed by atoms with Gasteiger partial charge in [0.2, 0.25) is 10.0 Å². The molecule has 0 bridgehead atoms. The smallest absolute Gasteiger partial charge is 0.282 e. The maximum atomic E-state index is 14.3. The Morgan fingerprint density at radius 2 is 1.29 bits per heavy atom. The van der Waals surface area contributed by atoms with E-state index in [-0.39, 0.29) is 23.9 Å². The SMILES string of the molecule is COc1ccc(N2CCN(S(=O)(=O)N3CCCN(CC4CCCCC4)CCCN(S(=O)(=O)c4ccc(N(C)C)cc4)C[C@H](C)C3)CC2)cc1. The number of methoxy groups -OCH3 is 1. The molecule has 274 valence electrons. The molecule has 1 aliphatic carbocycles. The Bertz CT molecular complexity index is 1520. The maximum Gasteiger partial charge on any atom is 0.282 e. The number of benzene rings is 2.